The quantitative estimate of drug-likeness (QED) is 0.198. The van der Waals surface area contributed by atoms with Crippen LogP contribution in [0.2, 0.25) is 0 Å². The second-order valence-corrected chi connectivity index (χ2v) is 2.96. The lowest BCUT2D eigenvalue weighted by molar-refractivity contribution is 0.0600. The fourth-order valence-electron chi connectivity index (χ4n) is 1.05. The Hall–Kier alpha value is -2.51. The summed E-state index contributed by atoms with van der Waals surface area (Å²) in [6, 6.07) is 1.60. The molecule has 0 unspecified atom stereocenters. The summed E-state index contributed by atoms with van der Waals surface area (Å²) >= 11 is 0. The molecule has 0 N–H and O–H groups in total. The van der Waals surface area contributed by atoms with E-state index in [2.05, 4.69) is 31.6 Å². The molecule has 0 aromatic carbocycles. The molecule has 1 aromatic rings. The number of hydrogen-bond donors (Lipinski definition) is 0. The van der Waals surface area contributed by atoms with Gasteiger partial charge in [0.05, 0.1) is 12.7 Å². The summed E-state index contributed by atoms with van der Waals surface area (Å²) in [5.41, 5.74) is 9.03. The minimum Gasteiger partial charge on any atom is -0.465 e. The summed E-state index contributed by atoms with van der Waals surface area (Å²) in [5.74, 6) is 5.18. The van der Waals surface area contributed by atoms with E-state index in [-0.39, 0.29) is 0 Å². The third-order valence-corrected chi connectivity index (χ3v) is 1.79. The van der Waals surface area contributed by atoms with Gasteiger partial charge in [-0.2, -0.15) is 0 Å². The van der Waals surface area contributed by atoms with Crippen LogP contribution in [0.5, 0.6) is 0 Å². The van der Waals surface area contributed by atoms with Crippen molar-refractivity contribution in [3.05, 3.63) is 40.0 Å². The Morgan fingerprint density at radius 1 is 1.65 bits per heavy atom. The van der Waals surface area contributed by atoms with Crippen molar-refractivity contribution in [3.63, 3.8) is 0 Å². The van der Waals surface area contributed by atoms with Crippen molar-refractivity contribution in [2.45, 2.75) is 6.42 Å². The van der Waals surface area contributed by atoms with Gasteiger partial charge in [0.15, 0.2) is 0 Å². The van der Waals surface area contributed by atoms with Gasteiger partial charge in [-0.25, -0.2) is 4.79 Å². The Labute approximate surface area is 98.2 Å². The van der Waals surface area contributed by atoms with Gasteiger partial charge in [0.1, 0.15) is 0 Å². The predicted molar refractivity (Wildman–Crippen MR) is 61.1 cm³/mol. The maximum absolute atomic E-state index is 11.2. The van der Waals surface area contributed by atoms with Gasteiger partial charge in [0.25, 0.3) is 0 Å². The zero-order chi connectivity index (χ0) is 12.5. The molecule has 1 rings (SSSR count). The first-order chi connectivity index (χ1) is 8.27. The van der Waals surface area contributed by atoms with Crippen molar-refractivity contribution in [1.29, 1.82) is 0 Å². The highest BCUT2D eigenvalue weighted by atomic mass is 16.5. The summed E-state index contributed by atoms with van der Waals surface area (Å²) in [5, 5.41) is 3.35. The molecular formula is C11H10N4O2. The zero-order valence-corrected chi connectivity index (χ0v) is 9.25. The van der Waals surface area contributed by atoms with Crippen LogP contribution in [0, 0.1) is 11.8 Å². The van der Waals surface area contributed by atoms with Crippen LogP contribution in [0.15, 0.2) is 23.6 Å². The average molecular weight is 230 g/mol. The van der Waals surface area contributed by atoms with Gasteiger partial charge in [-0.1, -0.05) is 17.0 Å². The minimum atomic E-state index is -0.449. The molecule has 0 aliphatic heterocycles. The molecule has 0 saturated carbocycles. The molecule has 0 saturated heterocycles. The molecule has 0 atom stereocenters. The maximum Gasteiger partial charge on any atom is 0.339 e. The first-order valence-corrected chi connectivity index (χ1v) is 4.81. The number of rotatable bonds is 3. The second-order valence-electron chi connectivity index (χ2n) is 2.96. The van der Waals surface area contributed by atoms with E-state index in [0.29, 0.717) is 24.1 Å². The van der Waals surface area contributed by atoms with Crippen molar-refractivity contribution in [1.82, 2.24) is 4.98 Å². The molecule has 6 nitrogen and oxygen atoms in total. The summed E-state index contributed by atoms with van der Waals surface area (Å²) < 4.78 is 4.57. The lowest BCUT2D eigenvalue weighted by atomic mass is 10.2. The molecule has 1 heterocycles. The average Bonchev–Trinajstić information content (AvgIpc) is 2.38. The van der Waals surface area contributed by atoms with Crippen molar-refractivity contribution in [2.24, 2.45) is 5.11 Å². The number of hydrogen-bond acceptors (Lipinski definition) is 4. The van der Waals surface area contributed by atoms with E-state index < -0.39 is 5.97 Å². The second kappa shape index (κ2) is 6.88. The Bertz CT molecular complexity index is 510. The molecule has 6 heteroatoms. The van der Waals surface area contributed by atoms with Crippen LogP contribution in [-0.2, 0) is 4.74 Å². The monoisotopic (exact) mass is 230 g/mol. The molecule has 0 aliphatic rings. The third-order valence-electron chi connectivity index (χ3n) is 1.79. The van der Waals surface area contributed by atoms with Crippen LogP contribution in [0.1, 0.15) is 22.3 Å². The topological polar surface area (TPSA) is 88.0 Å². The highest BCUT2D eigenvalue weighted by Crippen LogP contribution is 2.02. The molecule has 0 aliphatic carbocycles. The van der Waals surface area contributed by atoms with E-state index in [0.717, 1.165) is 0 Å². The summed E-state index contributed by atoms with van der Waals surface area (Å²) in [6.45, 7) is 0.327. The first kappa shape index (κ1) is 12.6. The number of carbonyl (C=O) groups is 1. The number of aromatic nitrogens is 1. The zero-order valence-electron chi connectivity index (χ0n) is 9.25. The van der Waals surface area contributed by atoms with E-state index in [1.54, 1.807) is 12.3 Å². The van der Waals surface area contributed by atoms with Crippen LogP contribution >= 0.6 is 0 Å². The van der Waals surface area contributed by atoms with Gasteiger partial charge in [-0.3, -0.25) is 4.98 Å². The van der Waals surface area contributed by atoms with Crippen LogP contribution in [0.4, 0.5) is 0 Å². The largest absolute Gasteiger partial charge is 0.465 e. The van der Waals surface area contributed by atoms with E-state index in [1.807, 2.05) is 0 Å². The van der Waals surface area contributed by atoms with Gasteiger partial charge < -0.3 is 4.74 Å². The summed E-state index contributed by atoms with van der Waals surface area (Å²) in [6.07, 6.45) is 3.43. The highest BCUT2D eigenvalue weighted by Gasteiger charge is 2.04. The Morgan fingerprint density at radius 3 is 3.18 bits per heavy atom. The Kier molecular flexibility index (Phi) is 5.08. The molecule has 0 spiro atoms. The van der Waals surface area contributed by atoms with E-state index >= 15 is 0 Å². The van der Waals surface area contributed by atoms with Crippen molar-refractivity contribution >= 4 is 5.97 Å². The van der Waals surface area contributed by atoms with Crippen LogP contribution in [0.25, 0.3) is 10.4 Å². The number of esters is 1. The Balaban J connectivity index is 2.71. The highest BCUT2D eigenvalue weighted by molar-refractivity contribution is 5.89. The molecule has 0 amide bonds. The predicted octanol–water partition coefficient (Wildman–Crippen LogP) is 1.92. The van der Waals surface area contributed by atoms with Gasteiger partial charge in [-0.15, -0.1) is 0 Å². The van der Waals surface area contributed by atoms with Gasteiger partial charge in [0, 0.05) is 35.8 Å². The first-order valence-electron chi connectivity index (χ1n) is 4.81. The minimum absolute atomic E-state index is 0.327. The van der Waals surface area contributed by atoms with Crippen molar-refractivity contribution in [3.8, 4) is 11.8 Å². The van der Waals surface area contributed by atoms with Gasteiger partial charge in [-0.05, 0) is 11.6 Å². The number of nitrogens with zero attached hydrogens (tertiary/aromatic N) is 4. The van der Waals surface area contributed by atoms with E-state index in [9.17, 15) is 4.79 Å². The normalized spacial score (nSPS) is 8.53. The number of methoxy groups -OCH3 is 1. The lowest BCUT2D eigenvalue weighted by Crippen LogP contribution is -2.01. The lowest BCUT2D eigenvalue weighted by Gasteiger charge is -1.97. The molecule has 0 bridgehead atoms. The number of azide groups is 1. The molecule has 86 valence electrons. The third kappa shape index (κ3) is 4.24. The Morgan fingerprint density at radius 2 is 2.47 bits per heavy atom. The van der Waals surface area contributed by atoms with Crippen LogP contribution < -0.4 is 0 Å². The van der Waals surface area contributed by atoms with Gasteiger partial charge >= 0.3 is 5.97 Å². The smallest absolute Gasteiger partial charge is 0.339 e. The molecule has 0 fully saturated rings. The molecule has 17 heavy (non-hydrogen) atoms. The van der Waals surface area contributed by atoms with Crippen molar-refractivity contribution in [2.75, 3.05) is 13.7 Å². The number of ether oxygens (including phenoxy) is 1. The summed E-state index contributed by atoms with van der Waals surface area (Å²) in [4.78, 5) is 17.7. The maximum atomic E-state index is 11.2. The van der Waals surface area contributed by atoms with Crippen LogP contribution in [0.3, 0.4) is 0 Å². The molecule has 0 radical (unpaired) electrons. The summed E-state index contributed by atoms with van der Waals surface area (Å²) in [7, 11) is 1.31. The molecule has 1 aromatic heterocycles. The standard InChI is InChI=1S/C11H10N4O2/c1-17-11(16)10-6-9(7-13-8-10)4-2-3-5-14-15-12/h6-8H,3,5H2,1H3. The van der Waals surface area contributed by atoms with Crippen molar-refractivity contribution < 1.29 is 9.53 Å². The fraction of sp³-hybridized carbons (Fsp3) is 0.273. The van der Waals surface area contributed by atoms with E-state index in [1.165, 1.54) is 13.3 Å². The SMILES string of the molecule is COC(=O)c1cncc(C#CCCN=[N+]=[N-])c1. The number of carbonyl (C=O) groups excluding carboxylic acids is 1. The fourth-order valence-corrected chi connectivity index (χ4v) is 1.05. The number of pyridine rings is 1. The molecular weight excluding hydrogens is 220 g/mol. The van der Waals surface area contributed by atoms with Crippen LogP contribution in [-0.4, -0.2) is 24.6 Å². The van der Waals surface area contributed by atoms with E-state index in [4.69, 9.17) is 5.53 Å². The van der Waals surface area contributed by atoms with Gasteiger partial charge in [0.2, 0.25) is 0 Å².